The topological polar surface area (TPSA) is 69.6 Å². The zero-order chi connectivity index (χ0) is 13.7. The summed E-state index contributed by atoms with van der Waals surface area (Å²) in [6.07, 6.45) is 2.27. The third-order valence-electron chi connectivity index (χ3n) is 3.17. The number of amides is 1. The van der Waals surface area contributed by atoms with E-state index < -0.39 is 5.97 Å². The molecule has 1 fully saturated rings. The van der Waals surface area contributed by atoms with Crippen LogP contribution in [0.2, 0.25) is 0 Å². The first-order valence-corrected chi connectivity index (χ1v) is 6.52. The Bertz CT molecular complexity index is 468. The van der Waals surface area contributed by atoms with E-state index in [0.29, 0.717) is 0 Å². The maximum absolute atomic E-state index is 11.6. The standard InChI is InChI=1S/C14H18N2O3/c17-13(6-7-14(18)19)15-11-4-3-5-12(10-11)16-8-1-2-9-16/h3-5,10H,1-2,6-9H2,(H,15,17)(H,18,19). The Labute approximate surface area is 112 Å². The summed E-state index contributed by atoms with van der Waals surface area (Å²) in [5, 5.41) is 11.3. The van der Waals surface area contributed by atoms with Gasteiger partial charge in [0.05, 0.1) is 6.42 Å². The molecule has 1 aromatic carbocycles. The van der Waals surface area contributed by atoms with Crippen LogP contribution in [-0.2, 0) is 9.59 Å². The Kier molecular flexibility index (Phi) is 4.39. The average Bonchev–Trinajstić information content (AvgIpc) is 2.90. The van der Waals surface area contributed by atoms with Crippen molar-refractivity contribution in [3.05, 3.63) is 24.3 Å². The van der Waals surface area contributed by atoms with Crippen molar-refractivity contribution in [1.82, 2.24) is 0 Å². The van der Waals surface area contributed by atoms with E-state index in [-0.39, 0.29) is 18.7 Å². The van der Waals surface area contributed by atoms with Gasteiger partial charge in [-0.25, -0.2) is 0 Å². The molecule has 1 amide bonds. The monoisotopic (exact) mass is 262 g/mol. The van der Waals surface area contributed by atoms with Crippen LogP contribution in [0.4, 0.5) is 11.4 Å². The summed E-state index contributed by atoms with van der Waals surface area (Å²) in [7, 11) is 0. The third-order valence-corrected chi connectivity index (χ3v) is 3.17. The van der Waals surface area contributed by atoms with Crippen molar-refractivity contribution in [3.8, 4) is 0 Å². The molecule has 5 heteroatoms. The smallest absolute Gasteiger partial charge is 0.303 e. The second kappa shape index (κ2) is 6.22. The van der Waals surface area contributed by atoms with Crippen molar-refractivity contribution in [2.24, 2.45) is 0 Å². The van der Waals surface area contributed by atoms with E-state index in [4.69, 9.17) is 5.11 Å². The second-order valence-corrected chi connectivity index (χ2v) is 4.69. The molecule has 5 nitrogen and oxygen atoms in total. The largest absolute Gasteiger partial charge is 0.481 e. The lowest BCUT2D eigenvalue weighted by Gasteiger charge is -2.18. The molecule has 0 atom stereocenters. The molecule has 2 rings (SSSR count). The van der Waals surface area contributed by atoms with Gasteiger partial charge in [-0.3, -0.25) is 9.59 Å². The average molecular weight is 262 g/mol. The number of aliphatic carboxylic acids is 1. The number of carboxylic acid groups (broad SMARTS) is 1. The fourth-order valence-electron chi connectivity index (χ4n) is 2.20. The van der Waals surface area contributed by atoms with Crippen LogP contribution >= 0.6 is 0 Å². The molecule has 1 saturated heterocycles. The molecule has 102 valence electrons. The number of rotatable bonds is 5. The number of hydrogen-bond acceptors (Lipinski definition) is 3. The molecule has 1 aromatic rings. The van der Waals surface area contributed by atoms with Crippen LogP contribution in [0, 0.1) is 0 Å². The number of hydrogen-bond donors (Lipinski definition) is 2. The maximum atomic E-state index is 11.6. The Morgan fingerprint density at radius 3 is 2.63 bits per heavy atom. The second-order valence-electron chi connectivity index (χ2n) is 4.69. The predicted octanol–water partition coefficient (Wildman–Crippen LogP) is 2.09. The van der Waals surface area contributed by atoms with Gasteiger partial charge >= 0.3 is 5.97 Å². The van der Waals surface area contributed by atoms with E-state index in [1.54, 1.807) is 0 Å². The molecule has 1 aliphatic rings. The van der Waals surface area contributed by atoms with E-state index in [9.17, 15) is 9.59 Å². The number of benzene rings is 1. The van der Waals surface area contributed by atoms with Crippen LogP contribution in [0.25, 0.3) is 0 Å². The summed E-state index contributed by atoms with van der Waals surface area (Å²) in [4.78, 5) is 24.2. The number of nitrogens with zero attached hydrogens (tertiary/aromatic N) is 1. The van der Waals surface area contributed by atoms with Gasteiger partial charge in [0.1, 0.15) is 0 Å². The molecule has 0 spiro atoms. The molecule has 0 aromatic heterocycles. The summed E-state index contributed by atoms with van der Waals surface area (Å²) < 4.78 is 0. The maximum Gasteiger partial charge on any atom is 0.303 e. The van der Waals surface area contributed by atoms with Crippen molar-refractivity contribution in [2.45, 2.75) is 25.7 Å². The third kappa shape index (κ3) is 3.98. The molecule has 0 bridgehead atoms. The quantitative estimate of drug-likeness (QED) is 0.852. The lowest BCUT2D eigenvalue weighted by Crippen LogP contribution is -2.18. The number of nitrogens with one attached hydrogen (secondary N) is 1. The van der Waals surface area contributed by atoms with E-state index in [1.807, 2.05) is 24.3 Å². The highest BCUT2D eigenvalue weighted by atomic mass is 16.4. The van der Waals surface area contributed by atoms with Gasteiger partial charge in [0.2, 0.25) is 5.91 Å². The van der Waals surface area contributed by atoms with Crippen LogP contribution in [0.3, 0.4) is 0 Å². The Morgan fingerprint density at radius 2 is 1.95 bits per heavy atom. The molecule has 0 unspecified atom stereocenters. The summed E-state index contributed by atoms with van der Waals surface area (Å²) in [6, 6.07) is 7.68. The zero-order valence-corrected chi connectivity index (χ0v) is 10.8. The molecular formula is C14H18N2O3. The van der Waals surface area contributed by atoms with Gasteiger partial charge in [-0.2, -0.15) is 0 Å². The molecule has 0 radical (unpaired) electrons. The highest BCUT2D eigenvalue weighted by molar-refractivity contribution is 5.92. The van der Waals surface area contributed by atoms with Gasteiger partial charge in [-0.05, 0) is 31.0 Å². The Balaban J connectivity index is 1.94. The van der Waals surface area contributed by atoms with Gasteiger partial charge in [0.15, 0.2) is 0 Å². The van der Waals surface area contributed by atoms with E-state index in [0.717, 1.165) is 24.5 Å². The van der Waals surface area contributed by atoms with Crippen LogP contribution in [0.5, 0.6) is 0 Å². The van der Waals surface area contributed by atoms with E-state index in [2.05, 4.69) is 10.2 Å². The summed E-state index contributed by atoms with van der Waals surface area (Å²) in [5.41, 5.74) is 1.83. The van der Waals surface area contributed by atoms with Gasteiger partial charge in [0.25, 0.3) is 0 Å². The number of anilines is 2. The SMILES string of the molecule is O=C(O)CCC(=O)Nc1cccc(N2CCCC2)c1. The van der Waals surface area contributed by atoms with Crippen molar-refractivity contribution in [3.63, 3.8) is 0 Å². The summed E-state index contributed by atoms with van der Waals surface area (Å²) in [5.74, 6) is -1.22. The fourth-order valence-corrected chi connectivity index (χ4v) is 2.20. The van der Waals surface area contributed by atoms with Gasteiger partial charge in [0, 0.05) is 30.9 Å². The number of carbonyl (C=O) groups excluding carboxylic acids is 1. The van der Waals surface area contributed by atoms with Crippen LogP contribution in [-0.4, -0.2) is 30.1 Å². The first-order valence-electron chi connectivity index (χ1n) is 6.52. The highest BCUT2D eigenvalue weighted by Gasteiger charge is 2.13. The minimum Gasteiger partial charge on any atom is -0.481 e. The highest BCUT2D eigenvalue weighted by Crippen LogP contribution is 2.23. The van der Waals surface area contributed by atoms with Crippen molar-refractivity contribution < 1.29 is 14.7 Å². The van der Waals surface area contributed by atoms with Crippen LogP contribution < -0.4 is 10.2 Å². The van der Waals surface area contributed by atoms with Crippen molar-refractivity contribution >= 4 is 23.3 Å². The minimum atomic E-state index is -0.957. The van der Waals surface area contributed by atoms with Crippen LogP contribution in [0.15, 0.2) is 24.3 Å². The predicted molar refractivity (Wildman–Crippen MR) is 73.4 cm³/mol. The van der Waals surface area contributed by atoms with Crippen molar-refractivity contribution in [2.75, 3.05) is 23.3 Å². The minimum absolute atomic E-state index is 0.00325. The van der Waals surface area contributed by atoms with Gasteiger partial charge < -0.3 is 15.3 Å². The first-order chi connectivity index (χ1) is 9.15. The Morgan fingerprint density at radius 1 is 1.21 bits per heavy atom. The summed E-state index contributed by atoms with van der Waals surface area (Å²) in [6.45, 7) is 2.10. The Hall–Kier alpha value is -2.04. The lowest BCUT2D eigenvalue weighted by atomic mass is 10.2. The number of carbonyl (C=O) groups is 2. The van der Waals surface area contributed by atoms with Crippen LogP contribution in [0.1, 0.15) is 25.7 Å². The molecule has 2 N–H and O–H groups in total. The normalized spacial score (nSPS) is 14.4. The van der Waals surface area contributed by atoms with Gasteiger partial charge in [-0.15, -0.1) is 0 Å². The lowest BCUT2D eigenvalue weighted by molar-refractivity contribution is -0.138. The molecule has 1 aliphatic heterocycles. The van der Waals surface area contributed by atoms with Gasteiger partial charge in [-0.1, -0.05) is 6.07 Å². The van der Waals surface area contributed by atoms with E-state index >= 15 is 0 Å². The number of carboxylic acids is 1. The van der Waals surface area contributed by atoms with E-state index in [1.165, 1.54) is 12.8 Å². The molecule has 1 heterocycles. The molecule has 0 saturated carbocycles. The van der Waals surface area contributed by atoms with Crippen molar-refractivity contribution in [1.29, 1.82) is 0 Å². The first kappa shape index (κ1) is 13.4. The summed E-state index contributed by atoms with van der Waals surface area (Å²) >= 11 is 0. The molecule has 19 heavy (non-hydrogen) atoms. The molecule has 0 aliphatic carbocycles. The molecular weight excluding hydrogens is 244 g/mol. The zero-order valence-electron chi connectivity index (χ0n) is 10.8. The fraction of sp³-hybridized carbons (Fsp3) is 0.429.